The van der Waals surface area contributed by atoms with Gasteiger partial charge in [0, 0.05) is 6.92 Å². The lowest BCUT2D eigenvalue weighted by Gasteiger charge is -1.84. The Bertz CT molecular complexity index is 232. The van der Waals surface area contributed by atoms with E-state index in [9.17, 15) is 9.59 Å². The summed E-state index contributed by atoms with van der Waals surface area (Å²) in [7, 11) is 0. The summed E-state index contributed by atoms with van der Waals surface area (Å²) in [6.07, 6.45) is 2.23. The zero-order valence-corrected chi connectivity index (χ0v) is 10.2. The molecule has 1 heterocycles. The highest BCUT2D eigenvalue weighted by molar-refractivity contribution is 5.68. The molecule has 0 unspecified atom stereocenters. The van der Waals surface area contributed by atoms with E-state index in [-0.39, 0.29) is 12.1 Å². The van der Waals surface area contributed by atoms with Crippen molar-refractivity contribution >= 4 is 12.1 Å². The molecule has 0 aromatic carbocycles. The van der Waals surface area contributed by atoms with Gasteiger partial charge in [0.25, 0.3) is 0 Å². The number of esters is 1. The molecule has 1 saturated heterocycles. The molecule has 6 heteroatoms. The topological polar surface area (TPSA) is 73.9 Å². The van der Waals surface area contributed by atoms with Gasteiger partial charge in [0.2, 0.25) is 0 Å². The largest absolute Gasteiger partial charge is 0.502 e. The molecule has 0 aliphatic carbocycles. The number of cyclic esters (lactones) is 1. The Morgan fingerprint density at radius 2 is 2.18 bits per heavy atom. The Labute approximate surface area is 101 Å². The first-order valence-electron chi connectivity index (χ1n) is 4.99. The summed E-state index contributed by atoms with van der Waals surface area (Å²) >= 11 is 0. The fraction of sp³-hybridized carbons (Fsp3) is 0.455. The van der Waals surface area contributed by atoms with Crippen LogP contribution in [0.5, 0.6) is 0 Å². The molecule has 0 aromatic rings. The third kappa shape index (κ3) is 20.2. The average Bonchev–Trinajstić information content (AvgIpc) is 2.72. The summed E-state index contributed by atoms with van der Waals surface area (Å²) in [5, 5.41) is 2.46. The van der Waals surface area contributed by atoms with Gasteiger partial charge in [-0.3, -0.25) is 4.79 Å². The van der Waals surface area contributed by atoms with Crippen LogP contribution < -0.4 is 5.32 Å². The number of carbonyl (C=O) groups is 2. The van der Waals surface area contributed by atoms with Gasteiger partial charge in [0.15, 0.2) is 0 Å². The number of nitrogens with one attached hydrogen (secondary N) is 1. The van der Waals surface area contributed by atoms with E-state index in [1.807, 2.05) is 6.92 Å². The van der Waals surface area contributed by atoms with Gasteiger partial charge < -0.3 is 19.5 Å². The quantitative estimate of drug-likeness (QED) is 0.603. The summed E-state index contributed by atoms with van der Waals surface area (Å²) in [4.78, 5) is 19.7. The molecule has 6 nitrogen and oxygen atoms in total. The summed E-state index contributed by atoms with van der Waals surface area (Å²) < 4.78 is 13.2. The molecule has 1 rings (SSSR count). The lowest BCUT2D eigenvalue weighted by molar-refractivity contribution is -0.135. The molecule has 1 N–H and O–H groups in total. The van der Waals surface area contributed by atoms with E-state index in [1.54, 1.807) is 0 Å². The predicted molar refractivity (Wildman–Crippen MR) is 63.1 cm³/mol. The van der Waals surface area contributed by atoms with Crippen molar-refractivity contribution in [2.24, 2.45) is 0 Å². The first kappa shape index (κ1) is 17.4. The van der Waals surface area contributed by atoms with Crippen LogP contribution in [-0.4, -0.2) is 31.8 Å². The second kappa shape index (κ2) is 14.0. The summed E-state index contributed by atoms with van der Waals surface area (Å²) in [5.41, 5.74) is 0. The van der Waals surface area contributed by atoms with Crippen LogP contribution >= 0.6 is 0 Å². The summed E-state index contributed by atoms with van der Waals surface area (Å²) in [6.45, 7) is 11.6. The van der Waals surface area contributed by atoms with Crippen molar-refractivity contribution in [1.82, 2.24) is 5.32 Å². The highest BCUT2D eigenvalue weighted by Crippen LogP contribution is 1.82. The number of hydrogen-bond donors (Lipinski definition) is 1. The van der Waals surface area contributed by atoms with E-state index >= 15 is 0 Å². The summed E-state index contributed by atoms with van der Waals surface area (Å²) in [6, 6.07) is 0. The molecule has 0 spiro atoms. The third-order valence-corrected chi connectivity index (χ3v) is 1.14. The van der Waals surface area contributed by atoms with Gasteiger partial charge in [-0.2, -0.15) is 0 Å². The van der Waals surface area contributed by atoms with E-state index in [1.165, 1.54) is 13.2 Å². The number of hydrogen-bond acceptors (Lipinski definition) is 5. The molecule has 1 aliphatic heterocycles. The Balaban J connectivity index is 0. The van der Waals surface area contributed by atoms with Crippen LogP contribution in [0.1, 0.15) is 13.8 Å². The number of rotatable bonds is 3. The second-order valence-electron chi connectivity index (χ2n) is 2.46. The minimum absolute atomic E-state index is 0.296. The van der Waals surface area contributed by atoms with E-state index in [0.717, 1.165) is 12.9 Å². The van der Waals surface area contributed by atoms with Crippen LogP contribution in [0, 0.1) is 0 Å². The molecular formula is C11H19NO5. The van der Waals surface area contributed by atoms with Crippen molar-refractivity contribution < 1.29 is 23.8 Å². The Kier molecular flexibility index (Phi) is 14.4. The molecule has 1 fully saturated rings. The van der Waals surface area contributed by atoms with Gasteiger partial charge >= 0.3 is 12.1 Å². The second-order valence-corrected chi connectivity index (χ2v) is 2.46. The predicted octanol–water partition coefficient (Wildman–Crippen LogP) is 1.59. The molecule has 0 radical (unpaired) electrons. The minimum Gasteiger partial charge on any atom is -0.502 e. The monoisotopic (exact) mass is 245 g/mol. The van der Waals surface area contributed by atoms with E-state index in [0.29, 0.717) is 13.2 Å². The van der Waals surface area contributed by atoms with Crippen LogP contribution in [0.15, 0.2) is 25.7 Å². The molecule has 0 atom stereocenters. The van der Waals surface area contributed by atoms with Crippen molar-refractivity contribution in [3.05, 3.63) is 25.7 Å². The van der Waals surface area contributed by atoms with Crippen molar-refractivity contribution in [2.45, 2.75) is 13.8 Å². The van der Waals surface area contributed by atoms with Gasteiger partial charge in [-0.15, -0.1) is 0 Å². The molecule has 98 valence electrons. The molecule has 1 aliphatic rings. The van der Waals surface area contributed by atoms with E-state index < -0.39 is 0 Å². The molecule has 0 aromatic heterocycles. The van der Waals surface area contributed by atoms with Crippen molar-refractivity contribution in [1.29, 1.82) is 0 Å². The SMILES string of the molecule is C=COC(C)=O.C=COCC.O=C1NCCO1. The lowest BCUT2D eigenvalue weighted by Crippen LogP contribution is -2.11. The highest BCUT2D eigenvalue weighted by atomic mass is 16.6. The van der Waals surface area contributed by atoms with Crippen molar-refractivity contribution in [3.63, 3.8) is 0 Å². The van der Waals surface area contributed by atoms with Gasteiger partial charge in [-0.05, 0) is 6.92 Å². The fourth-order valence-corrected chi connectivity index (χ4v) is 0.583. The molecule has 17 heavy (non-hydrogen) atoms. The average molecular weight is 245 g/mol. The molecule has 1 amide bonds. The number of amides is 1. The maximum absolute atomic E-state index is 9.91. The lowest BCUT2D eigenvalue weighted by atomic mass is 10.7. The van der Waals surface area contributed by atoms with Gasteiger partial charge in [-0.1, -0.05) is 13.2 Å². The van der Waals surface area contributed by atoms with Gasteiger partial charge in [-0.25, -0.2) is 4.79 Å². The zero-order chi connectivity index (χ0) is 13.5. The summed E-state index contributed by atoms with van der Waals surface area (Å²) in [5.74, 6) is -0.329. The number of ether oxygens (including phenoxy) is 3. The Morgan fingerprint density at radius 1 is 1.53 bits per heavy atom. The van der Waals surface area contributed by atoms with Crippen LogP contribution in [-0.2, 0) is 19.0 Å². The standard InChI is InChI=1S/C4H6O2.C4H8O.C3H5NO2/c1-3-6-4(2)5;1-3-5-4-2;5-3-4-1-2-6-3/h3H,1H2,2H3;3H,1,4H2,2H3;1-2H2,(H,4,5). The molecule has 0 bridgehead atoms. The maximum Gasteiger partial charge on any atom is 0.407 e. The van der Waals surface area contributed by atoms with E-state index in [4.69, 9.17) is 0 Å². The van der Waals surface area contributed by atoms with Crippen molar-refractivity contribution in [3.8, 4) is 0 Å². The minimum atomic E-state index is -0.329. The molecular weight excluding hydrogens is 226 g/mol. The molecule has 0 saturated carbocycles. The van der Waals surface area contributed by atoms with Crippen LogP contribution in [0.3, 0.4) is 0 Å². The Hall–Kier alpha value is -1.98. The Morgan fingerprint density at radius 3 is 2.24 bits per heavy atom. The zero-order valence-electron chi connectivity index (χ0n) is 10.2. The van der Waals surface area contributed by atoms with Gasteiger partial charge in [0.05, 0.1) is 25.7 Å². The first-order valence-corrected chi connectivity index (χ1v) is 4.99. The van der Waals surface area contributed by atoms with Crippen molar-refractivity contribution in [2.75, 3.05) is 19.8 Å². The van der Waals surface area contributed by atoms with E-state index in [2.05, 4.69) is 32.7 Å². The highest BCUT2D eigenvalue weighted by Gasteiger charge is 2.06. The number of carbonyl (C=O) groups excluding carboxylic acids is 2. The van der Waals surface area contributed by atoms with Gasteiger partial charge in [0.1, 0.15) is 6.61 Å². The van der Waals surface area contributed by atoms with Crippen LogP contribution in [0.4, 0.5) is 4.79 Å². The number of alkyl carbamates (subject to hydrolysis) is 1. The fourth-order valence-electron chi connectivity index (χ4n) is 0.583. The smallest absolute Gasteiger partial charge is 0.407 e. The van der Waals surface area contributed by atoms with Crippen LogP contribution in [0.2, 0.25) is 0 Å². The first-order chi connectivity index (χ1) is 8.08. The normalized spacial score (nSPS) is 11.3. The maximum atomic E-state index is 9.91. The van der Waals surface area contributed by atoms with Crippen LogP contribution in [0.25, 0.3) is 0 Å². The third-order valence-electron chi connectivity index (χ3n) is 1.14.